The molecule has 2 rings (SSSR count). The monoisotopic (exact) mass is 365 g/mol. The lowest BCUT2D eigenvalue weighted by Crippen LogP contribution is -2.27. The van der Waals surface area contributed by atoms with Gasteiger partial charge in [-0.2, -0.15) is 0 Å². The van der Waals surface area contributed by atoms with Crippen LogP contribution in [-0.4, -0.2) is 15.0 Å². The quantitative estimate of drug-likeness (QED) is 0.875. The maximum absolute atomic E-state index is 13.5. The Morgan fingerprint density at radius 1 is 1.00 bits per heavy atom. The summed E-state index contributed by atoms with van der Waals surface area (Å²) in [7, 11) is -4.27. The summed E-state index contributed by atoms with van der Waals surface area (Å²) >= 11 is 11.6. The van der Waals surface area contributed by atoms with E-state index in [1.807, 2.05) is 0 Å². The van der Waals surface area contributed by atoms with E-state index in [9.17, 15) is 17.2 Å². The zero-order valence-electron chi connectivity index (χ0n) is 11.1. The van der Waals surface area contributed by atoms with Gasteiger partial charge in [0, 0.05) is 6.54 Å². The molecule has 0 aromatic heterocycles. The Morgan fingerprint density at radius 3 is 2.23 bits per heavy atom. The third kappa shape index (κ3) is 3.95. The molecule has 0 radical (unpaired) electrons. The van der Waals surface area contributed by atoms with Gasteiger partial charge in [-0.3, -0.25) is 0 Å². The second-order valence-electron chi connectivity index (χ2n) is 4.45. The predicted octanol–water partition coefficient (Wildman–Crippen LogP) is 3.79. The van der Waals surface area contributed by atoms with Gasteiger partial charge in [-0.15, -0.1) is 0 Å². The second kappa shape index (κ2) is 6.91. The molecule has 0 aliphatic heterocycles. The Bertz CT molecular complexity index is 777. The molecule has 0 spiro atoms. The van der Waals surface area contributed by atoms with Gasteiger partial charge in [0.2, 0.25) is 10.0 Å². The molecular weight excluding hydrogens is 355 g/mol. The molecule has 0 bridgehead atoms. The Kier molecular flexibility index (Phi) is 5.39. The number of halogens is 4. The van der Waals surface area contributed by atoms with Crippen LogP contribution in [0.25, 0.3) is 0 Å². The van der Waals surface area contributed by atoms with E-state index >= 15 is 0 Å². The molecule has 0 amide bonds. The molecule has 0 fully saturated rings. The van der Waals surface area contributed by atoms with E-state index in [0.29, 0.717) is 16.5 Å². The smallest absolute Gasteiger partial charge is 0.211 e. The minimum atomic E-state index is -4.27. The molecule has 22 heavy (non-hydrogen) atoms. The predicted molar refractivity (Wildman–Crippen MR) is 81.7 cm³/mol. The van der Waals surface area contributed by atoms with Crippen molar-refractivity contribution in [3.63, 3.8) is 0 Å². The lowest BCUT2D eigenvalue weighted by molar-refractivity contribution is 0.514. The van der Waals surface area contributed by atoms with Crippen molar-refractivity contribution in [2.75, 3.05) is 6.54 Å². The Balaban J connectivity index is 2.09. The first-order chi connectivity index (χ1) is 10.3. The molecular formula is C14H11Cl2F2NO2S. The second-order valence-corrected chi connectivity index (χ2v) is 6.97. The van der Waals surface area contributed by atoms with Crippen LogP contribution in [0, 0.1) is 11.6 Å². The van der Waals surface area contributed by atoms with Gasteiger partial charge in [-0.05, 0) is 36.2 Å². The lowest BCUT2D eigenvalue weighted by Gasteiger charge is -2.09. The average molecular weight is 366 g/mol. The number of rotatable bonds is 5. The summed E-state index contributed by atoms with van der Waals surface area (Å²) in [4.78, 5) is -0.982. The van der Waals surface area contributed by atoms with Gasteiger partial charge < -0.3 is 0 Å². The fourth-order valence-corrected chi connectivity index (χ4v) is 3.32. The van der Waals surface area contributed by atoms with E-state index in [0.717, 1.165) is 23.8 Å². The fraction of sp³-hybridized carbons (Fsp3) is 0.143. The van der Waals surface area contributed by atoms with Crippen molar-refractivity contribution in [1.82, 2.24) is 4.72 Å². The largest absolute Gasteiger partial charge is 0.246 e. The molecule has 0 aliphatic rings. The van der Waals surface area contributed by atoms with Crippen LogP contribution < -0.4 is 4.72 Å². The first kappa shape index (κ1) is 17.1. The molecule has 2 aromatic carbocycles. The summed E-state index contributed by atoms with van der Waals surface area (Å²) in [5.41, 5.74) is 0.742. The highest BCUT2D eigenvalue weighted by atomic mass is 35.5. The molecule has 0 aliphatic carbocycles. The van der Waals surface area contributed by atoms with E-state index in [4.69, 9.17) is 23.2 Å². The zero-order chi connectivity index (χ0) is 16.3. The SMILES string of the molecule is O=S(=O)(NCCc1ccc(Cl)c(Cl)c1)c1c(F)cccc1F. The molecule has 0 saturated carbocycles. The van der Waals surface area contributed by atoms with Gasteiger partial charge in [-0.25, -0.2) is 21.9 Å². The Morgan fingerprint density at radius 2 is 1.64 bits per heavy atom. The molecule has 0 heterocycles. The number of hydrogen-bond acceptors (Lipinski definition) is 2. The summed E-state index contributed by atoms with van der Waals surface area (Å²) in [6, 6.07) is 7.74. The topological polar surface area (TPSA) is 46.2 Å². The van der Waals surface area contributed by atoms with E-state index in [1.54, 1.807) is 18.2 Å². The van der Waals surface area contributed by atoms with Gasteiger partial charge in [0.1, 0.15) is 11.6 Å². The van der Waals surface area contributed by atoms with Crippen molar-refractivity contribution in [2.24, 2.45) is 0 Å². The molecule has 118 valence electrons. The highest BCUT2D eigenvalue weighted by Gasteiger charge is 2.23. The molecule has 0 saturated heterocycles. The van der Waals surface area contributed by atoms with Gasteiger partial charge >= 0.3 is 0 Å². The number of sulfonamides is 1. The highest BCUT2D eigenvalue weighted by Crippen LogP contribution is 2.23. The van der Waals surface area contributed by atoms with Crippen LogP contribution in [0.15, 0.2) is 41.3 Å². The number of benzene rings is 2. The number of hydrogen-bond donors (Lipinski definition) is 1. The van der Waals surface area contributed by atoms with Crippen LogP contribution in [0.2, 0.25) is 10.0 Å². The van der Waals surface area contributed by atoms with Crippen molar-refractivity contribution in [3.05, 3.63) is 63.6 Å². The molecule has 1 N–H and O–H groups in total. The van der Waals surface area contributed by atoms with Crippen molar-refractivity contribution >= 4 is 33.2 Å². The van der Waals surface area contributed by atoms with Gasteiger partial charge in [0.25, 0.3) is 0 Å². The van der Waals surface area contributed by atoms with Crippen molar-refractivity contribution in [2.45, 2.75) is 11.3 Å². The summed E-state index contributed by atoms with van der Waals surface area (Å²) < 4.78 is 53.1. The normalized spacial score (nSPS) is 11.6. The average Bonchev–Trinajstić information content (AvgIpc) is 2.42. The first-order valence-electron chi connectivity index (χ1n) is 6.19. The molecule has 2 aromatic rings. The van der Waals surface area contributed by atoms with E-state index in [2.05, 4.69) is 4.72 Å². The molecule has 8 heteroatoms. The van der Waals surface area contributed by atoms with Crippen molar-refractivity contribution in [1.29, 1.82) is 0 Å². The third-order valence-electron chi connectivity index (χ3n) is 2.88. The van der Waals surface area contributed by atoms with Crippen LogP contribution in [0.3, 0.4) is 0 Å². The summed E-state index contributed by atoms with van der Waals surface area (Å²) in [6.45, 7) is -0.0337. The van der Waals surface area contributed by atoms with E-state index < -0.39 is 26.6 Å². The first-order valence-corrected chi connectivity index (χ1v) is 8.43. The van der Waals surface area contributed by atoms with Crippen LogP contribution in [-0.2, 0) is 16.4 Å². The maximum atomic E-state index is 13.5. The van der Waals surface area contributed by atoms with Crippen LogP contribution in [0.5, 0.6) is 0 Å². The van der Waals surface area contributed by atoms with Crippen molar-refractivity contribution in [3.8, 4) is 0 Å². The van der Waals surface area contributed by atoms with Gasteiger partial charge in [-0.1, -0.05) is 35.3 Å². The maximum Gasteiger partial charge on any atom is 0.246 e. The van der Waals surface area contributed by atoms with Crippen LogP contribution in [0.4, 0.5) is 8.78 Å². The summed E-state index contributed by atoms with van der Waals surface area (Å²) in [5.74, 6) is -2.27. The number of nitrogens with one attached hydrogen (secondary N) is 1. The molecule has 0 atom stereocenters. The standard InChI is InChI=1S/C14H11Cl2F2NO2S/c15-10-5-4-9(8-11(10)16)6-7-19-22(20,21)14-12(17)2-1-3-13(14)18/h1-5,8,19H,6-7H2. The fourth-order valence-electron chi connectivity index (χ4n) is 1.84. The van der Waals surface area contributed by atoms with Gasteiger partial charge in [0.05, 0.1) is 10.0 Å². The van der Waals surface area contributed by atoms with Crippen molar-refractivity contribution < 1.29 is 17.2 Å². The van der Waals surface area contributed by atoms with E-state index in [-0.39, 0.29) is 6.54 Å². The zero-order valence-corrected chi connectivity index (χ0v) is 13.4. The van der Waals surface area contributed by atoms with Crippen LogP contribution in [0.1, 0.15) is 5.56 Å². The Labute approximate surface area is 136 Å². The Hall–Kier alpha value is -1.21. The summed E-state index contributed by atoms with van der Waals surface area (Å²) in [6.07, 6.45) is 0.298. The summed E-state index contributed by atoms with van der Waals surface area (Å²) in [5, 5.41) is 0.738. The van der Waals surface area contributed by atoms with Crippen LogP contribution >= 0.6 is 23.2 Å². The van der Waals surface area contributed by atoms with Gasteiger partial charge in [0.15, 0.2) is 4.90 Å². The minimum absolute atomic E-state index is 0.0337. The lowest BCUT2D eigenvalue weighted by atomic mass is 10.1. The molecule has 3 nitrogen and oxygen atoms in total. The minimum Gasteiger partial charge on any atom is -0.211 e. The van der Waals surface area contributed by atoms with E-state index in [1.165, 1.54) is 0 Å². The third-order valence-corrected chi connectivity index (χ3v) is 5.13. The highest BCUT2D eigenvalue weighted by molar-refractivity contribution is 7.89. The molecule has 0 unspecified atom stereocenters.